The first-order valence-corrected chi connectivity index (χ1v) is 10.00. The molecule has 1 heterocycles. The van der Waals surface area contributed by atoms with E-state index in [0.29, 0.717) is 13.1 Å². The molecule has 2 aromatic rings. The highest BCUT2D eigenvalue weighted by Gasteiger charge is 2.26. The lowest BCUT2D eigenvalue weighted by atomic mass is 10.2. The Hall–Kier alpha value is -2.25. The Bertz CT molecular complexity index is 922. The lowest BCUT2D eigenvalue weighted by Gasteiger charge is -2.26. The highest BCUT2D eigenvalue weighted by molar-refractivity contribution is 7.89. The smallest absolute Gasteiger partial charge is 0.255 e. The standard InChI is InChI=1S/C19H21FN2O3S/c1-14-8-9-18(17(20)12-14)21-19(23)15-6-5-7-16(13-15)26(24,25)22-10-3-2-4-11-22/h5-9,12-13H,2-4,10-11H2,1H3,(H,21,23). The molecule has 3 rings (SSSR count). The van der Waals surface area contributed by atoms with Crippen LogP contribution >= 0.6 is 0 Å². The van der Waals surface area contributed by atoms with Gasteiger partial charge in [-0.3, -0.25) is 4.79 Å². The van der Waals surface area contributed by atoms with Gasteiger partial charge in [-0.25, -0.2) is 12.8 Å². The number of rotatable bonds is 4. The van der Waals surface area contributed by atoms with E-state index in [0.717, 1.165) is 24.8 Å². The molecule has 7 heteroatoms. The molecule has 1 N–H and O–H groups in total. The Morgan fingerprint density at radius 1 is 1.08 bits per heavy atom. The van der Waals surface area contributed by atoms with E-state index in [1.807, 2.05) is 0 Å². The fourth-order valence-electron chi connectivity index (χ4n) is 2.97. The Balaban J connectivity index is 1.83. The van der Waals surface area contributed by atoms with Gasteiger partial charge in [0.1, 0.15) is 5.82 Å². The van der Waals surface area contributed by atoms with E-state index < -0.39 is 21.7 Å². The van der Waals surface area contributed by atoms with Gasteiger partial charge in [-0.15, -0.1) is 0 Å². The van der Waals surface area contributed by atoms with Crippen LogP contribution in [0.15, 0.2) is 47.4 Å². The zero-order valence-electron chi connectivity index (χ0n) is 14.5. The summed E-state index contributed by atoms with van der Waals surface area (Å²) >= 11 is 0. The Kier molecular flexibility index (Phi) is 5.38. The zero-order chi connectivity index (χ0) is 18.7. The normalized spacial score (nSPS) is 15.6. The van der Waals surface area contributed by atoms with E-state index in [2.05, 4.69) is 5.32 Å². The van der Waals surface area contributed by atoms with Crippen LogP contribution in [0.1, 0.15) is 35.2 Å². The first kappa shape index (κ1) is 18.5. The van der Waals surface area contributed by atoms with Crippen LogP contribution in [0.25, 0.3) is 0 Å². The molecule has 1 fully saturated rings. The second kappa shape index (κ2) is 7.55. The van der Waals surface area contributed by atoms with E-state index in [1.165, 1.54) is 40.7 Å². The number of hydrogen-bond donors (Lipinski definition) is 1. The molecule has 0 spiro atoms. The summed E-state index contributed by atoms with van der Waals surface area (Å²) in [5.41, 5.74) is 0.975. The van der Waals surface area contributed by atoms with Crippen molar-refractivity contribution in [3.8, 4) is 0 Å². The van der Waals surface area contributed by atoms with E-state index >= 15 is 0 Å². The molecule has 5 nitrogen and oxygen atoms in total. The van der Waals surface area contributed by atoms with Crippen LogP contribution in [-0.2, 0) is 10.0 Å². The predicted octanol–water partition coefficient (Wildman–Crippen LogP) is 3.56. The SMILES string of the molecule is Cc1ccc(NC(=O)c2cccc(S(=O)(=O)N3CCCCC3)c2)c(F)c1. The van der Waals surface area contributed by atoms with Gasteiger partial charge in [-0.1, -0.05) is 18.6 Å². The third-order valence-corrected chi connectivity index (χ3v) is 6.32. The number of piperidine rings is 1. The maximum absolute atomic E-state index is 13.9. The van der Waals surface area contributed by atoms with Crippen LogP contribution in [-0.4, -0.2) is 31.7 Å². The molecule has 0 aromatic heterocycles. The second-order valence-electron chi connectivity index (χ2n) is 6.43. The van der Waals surface area contributed by atoms with E-state index in [4.69, 9.17) is 0 Å². The molecule has 0 bridgehead atoms. The topological polar surface area (TPSA) is 66.5 Å². The Morgan fingerprint density at radius 2 is 1.81 bits per heavy atom. The molecule has 0 radical (unpaired) electrons. The van der Waals surface area contributed by atoms with Crippen LogP contribution in [0.2, 0.25) is 0 Å². The number of aryl methyl sites for hydroxylation is 1. The van der Waals surface area contributed by atoms with E-state index in [-0.39, 0.29) is 16.1 Å². The monoisotopic (exact) mass is 376 g/mol. The summed E-state index contributed by atoms with van der Waals surface area (Å²) in [6.45, 7) is 2.74. The Morgan fingerprint density at radius 3 is 2.50 bits per heavy atom. The highest BCUT2D eigenvalue weighted by atomic mass is 32.2. The summed E-state index contributed by atoms with van der Waals surface area (Å²) in [5, 5.41) is 2.49. The first-order valence-electron chi connectivity index (χ1n) is 8.55. The first-order chi connectivity index (χ1) is 12.4. The fraction of sp³-hybridized carbons (Fsp3) is 0.316. The lowest BCUT2D eigenvalue weighted by molar-refractivity contribution is 0.102. The van der Waals surface area contributed by atoms with Crippen LogP contribution in [0.3, 0.4) is 0 Å². The number of nitrogens with zero attached hydrogens (tertiary/aromatic N) is 1. The number of anilines is 1. The molecule has 0 saturated carbocycles. The number of hydrogen-bond acceptors (Lipinski definition) is 3. The molecular formula is C19H21FN2O3S. The summed E-state index contributed by atoms with van der Waals surface area (Å²) in [7, 11) is -3.63. The minimum Gasteiger partial charge on any atom is -0.319 e. The number of carbonyl (C=O) groups excluding carboxylic acids is 1. The highest BCUT2D eigenvalue weighted by Crippen LogP contribution is 2.22. The number of nitrogens with one attached hydrogen (secondary N) is 1. The van der Waals surface area contributed by atoms with Gasteiger partial charge in [0.2, 0.25) is 10.0 Å². The Labute approximate surface area is 152 Å². The molecule has 0 unspecified atom stereocenters. The molecule has 1 aliphatic heterocycles. The van der Waals surface area contributed by atoms with Crippen LogP contribution < -0.4 is 5.32 Å². The number of benzene rings is 2. The predicted molar refractivity (Wildman–Crippen MR) is 98.1 cm³/mol. The summed E-state index contributed by atoms with van der Waals surface area (Å²) in [6.07, 6.45) is 2.70. The number of halogens is 1. The quantitative estimate of drug-likeness (QED) is 0.887. The van der Waals surface area contributed by atoms with Crippen LogP contribution in [0, 0.1) is 12.7 Å². The summed E-state index contributed by atoms with van der Waals surface area (Å²) in [5.74, 6) is -1.08. The van der Waals surface area contributed by atoms with Gasteiger partial charge in [0.15, 0.2) is 0 Å². The third kappa shape index (κ3) is 3.94. The molecule has 1 amide bonds. The van der Waals surface area contributed by atoms with Crippen molar-refractivity contribution in [3.05, 3.63) is 59.4 Å². The van der Waals surface area contributed by atoms with Crippen molar-refractivity contribution in [3.63, 3.8) is 0 Å². The lowest BCUT2D eigenvalue weighted by Crippen LogP contribution is -2.35. The van der Waals surface area contributed by atoms with Crippen LogP contribution in [0.4, 0.5) is 10.1 Å². The van der Waals surface area contributed by atoms with Crippen molar-refractivity contribution in [2.45, 2.75) is 31.1 Å². The van der Waals surface area contributed by atoms with Crippen molar-refractivity contribution >= 4 is 21.6 Å². The van der Waals surface area contributed by atoms with Crippen molar-refractivity contribution in [1.29, 1.82) is 0 Å². The largest absolute Gasteiger partial charge is 0.319 e. The van der Waals surface area contributed by atoms with Gasteiger partial charge < -0.3 is 5.32 Å². The number of amides is 1. The minimum atomic E-state index is -3.63. The molecule has 0 atom stereocenters. The average molecular weight is 376 g/mol. The summed E-state index contributed by atoms with van der Waals surface area (Å²) in [6, 6.07) is 10.4. The average Bonchev–Trinajstić information content (AvgIpc) is 2.65. The maximum Gasteiger partial charge on any atom is 0.255 e. The van der Waals surface area contributed by atoms with Gasteiger partial charge in [0.05, 0.1) is 10.6 Å². The van der Waals surface area contributed by atoms with Gasteiger partial charge in [-0.05, 0) is 55.7 Å². The summed E-state index contributed by atoms with van der Waals surface area (Å²) in [4.78, 5) is 12.5. The molecule has 26 heavy (non-hydrogen) atoms. The van der Waals surface area contributed by atoms with E-state index in [9.17, 15) is 17.6 Å². The van der Waals surface area contributed by atoms with Gasteiger partial charge in [0, 0.05) is 18.7 Å². The van der Waals surface area contributed by atoms with Crippen molar-refractivity contribution in [2.75, 3.05) is 18.4 Å². The van der Waals surface area contributed by atoms with Crippen LogP contribution in [0.5, 0.6) is 0 Å². The van der Waals surface area contributed by atoms with Gasteiger partial charge in [-0.2, -0.15) is 4.31 Å². The van der Waals surface area contributed by atoms with Crippen molar-refractivity contribution < 1.29 is 17.6 Å². The number of sulfonamides is 1. The molecule has 0 aliphatic carbocycles. The molecule has 138 valence electrons. The maximum atomic E-state index is 13.9. The van der Waals surface area contributed by atoms with E-state index in [1.54, 1.807) is 13.0 Å². The second-order valence-corrected chi connectivity index (χ2v) is 8.37. The third-order valence-electron chi connectivity index (χ3n) is 4.42. The van der Waals surface area contributed by atoms with Gasteiger partial charge >= 0.3 is 0 Å². The molecule has 1 saturated heterocycles. The van der Waals surface area contributed by atoms with Crippen molar-refractivity contribution in [2.24, 2.45) is 0 Å². The zero-order valence-corrected chi connectivity index (χ0v) is 15.4. The molecular weight excluding hydrogens is 355 g/mol. The minimum absolute atomic E-state index is 0.0601. The molecule has 1 aliphatic rings. The van der Waals surface area contributed by atoms with Gasteiger partial charge in [0.25, 0.3) is 5.91 Å². The molecule has 2 aromatic carbocycles. The van der Waals surface area contributed by atoms with Crippen molar-refractivity contribution in [1.82, 2.24) is 4.31 Å². The number of carbonyl (C=O) groups is 1. The fourth-order valence-corrected chi connectivity index (χ4v) is 4.53. The summed E-state index contributed by atoms with van der Waals surface area (Å²) < 4.78 is 40.9.